The van der Waals surface area contributed by atoms with Gasteiger partial charge in [0.15, 0.2) is 0 Å². The van der Waals surface area contributed by atoms with Crippen LogP contribution in [-0.4, -0.2) is 55.6 Å². The molecule has 0 bridgehead atoms. The van der Waals surface area contributed by atoms with Crippen molar-refractivity contribution < 1.29 is 14.3 Å². The third kappa shape index (κ3) is 3.66. The number of rotatable bonds is 4. The van der Waals surface area contributed by atoms with Crippen molar-refractivity contribution in [3.8, 4) is 0 Å². The average molecular weight is 366 g/mol. The van der Waals surface area contributed by atoms with Crippen LogP contribution in [0, 0.1) is 5.92 Å². The zero-order chi connectivity index (χ0) is 18.0. The maximum Gasteiger partial charge on any atom is 0.249 e. The molecule has 2 N–H and O–H groups in total. The molecule has 2 saturated heterocycles. The lowest BCUT2D eigenvalue weighted by Crippen LogP contribution is -2.52. The topological polar surface area (TPSA) is 75.9 Å². The molecule has 2 unspecified atom stereocenters. The van der Waals surface area contributed by atoms with Gasteiger partial charge in [0.2, 0.25) is 11.8 Å². The molecule has 2 fully saturated rings. The van der Waals surface area contributed by atoms with Crippen molar-refractivity contribution in [3.63, 3.8) is 0 Å². The van der Waals surface area contributed by atoms with Gasteiger partial charge < -0.3 is 20.3 Å². The Morgan fingerprint density at radius 2 is 2.00 bits per heavy atom. The van der Waals surface area contributed by atoms with Crippen LogP contribution in [0.25, 0.3) is 0 Å². The van der Waals surface area contributed by atoms with Crippen LogP contribution in [-0.2, 0) is 14.3 Å². The fraction of sp³-hybridized carbons (Fsp3) is 0.556. The molecule has 136 valence electrons. The van der Waals surface area contributed by atoms with Crippen molar-refractivity contribution in [1.29, 1.82) is 0 Å². The van der Waals surface area contributed by atoms with Gasteiger partial charge in [-0.25, -0.2) is 0 Å². The molecule has 1 aromatic carbocycles. The summed E-state index contributed by atoms with van der Waals surface area (Å²) in [6.45, 7) is 1.81. The monoisotopic (exact) mass is 365 g/mol. The van der Waals surface area contributed by atoms with Gasteiger partial charge in [0.1, 0.15) is 6.04 Å². The van der Waals surface area contributed by atoms with Crippen molar-refractivity contribution in [2.24, 2.45) is 11.7 Å². The van der Waals surface area contributed by atoms with E-state index >= 15 is 0 Å². The zero-order valence-electron chi connectivity index (χ0n) is 14.4. The molecule has 0 spiro atoms. The normalized spacial score (nSPS) is 22.9. The molecule has 2 amide bonds. The van der Waals surface area contributed by atoms with E-state index in [0.717, 1.165) is 12.8 Å². The number of amides is 2. The Kier molecular flexibility index (Phi) is 5.61. The SMILES string of the molecule is CN(C(=O)C(N)C1CCOCC1)C1CCN(c2ccccc2Cl)C1=O. The molecular formula is C18H24ClN3O3. The molecule has 0 saturated carbocycles. The van der Waals surface area contributed by atoms with E-state index in [9.17, 15) is 9.59 Å². The number of hydrogen-bond acceptors (Lipinski definition) is 4. The molecule has 2 heterocycles. The Morgan fingerprint density at radius 3 is 2.68 bits per heavy atom. The number of benzene rings is 1. The lowest BCUT2D eigenvalue weighted by Gasteiger charge is -2.32. The van der Waals surface area contributed by atoms with E-state index in [2.05, 4.69) is 0 Å². The Labute approximate surface area is 152 Å². The first-order valence-corrected chi connectivity index (χ1v) is 9.04. The standard InChI is InChI=1S/C18H24ClN3O3/c1-21(18(24)16(20)12-7-10-25-11-8-12)15-6-9-22(17(15)23)14-5-3-2-4-13(14)19/h2-5,12,15-16H,6-11,20H2,1H3. The Hall–Kier alpha value is -1.63. The highest BCUT2D eigenvalue weighted by Gasteiger charge is 2.40. The molecule has 3 rings (SSSR count). The minimum atomic E-state index is -0.587. The van der Waals surface area contributed by atoms with Crippen LogP contribution in [0.1, 0.15) is 19.3 Å². The maximum absolute atomic E-state index is 12.8. The second kappa shape index (κ2) is 7.72. The predicted molar refractivity (Wildman–Crippen MR) is 96.5 cm³/mol. The molecule has 7 heteroatoms. The lowest BCUT2D eigenvalue weighted by molar-refractivity contribution is -0.139. The molecule has 0 radical (unpaired) electrons. The number of ether oxygens (including phenoxy) is 1. The molecule has 2 atom stereocenters. The first-order valence-electron chi connectivity index (χ1n) is 8.66. The number of halogens is 1. The summed E-state index contributed by atoms with van der Waals surface area (Å²) in [4.78, 5) is 28.7. The number of carbonyl (C=O) groups excluding carboxylic acids is 2. The van der Waals surface area contributed by atoms with Crippen LogP contribution in [0.4, 0.5) is 5.69 Å². The third-order valence-electron chi connectivity index (χ3n) is 5.19. The third-order valence-corrected chi connectivity index (χ3v) is 5.51. The fourth-order valence-corrected chi connectivity index (χ4v) is 3.84. The first-order chi connectivity index (χ1) is 12.0. The number of nitrogens with two attached hydrogens (primary N) is 1. The quantitative estimate of drug-likeness (QED) is 0.880. The van der Waals surface area contributed by atoms with Crippen molar-refractivity contribution in [3.05, 3.63) is 29.3 Å². The fourth-order valence-electron chi connectivity index (χ4n) is 3.60. The summed E-state index contributed by atoms with van der Waals surface area (Å²) < 4.78 is 5.33. The van der Waals surface area contributed by atoms with Crippen molar-refractivity contribution in [2.75, 3.05) is 31.7 Å². The van der Waals surface area contributed by atoms with E-state index in [0.29, 0.717) is 36.9 Å². The summed E-state index contributed by atoms with van der Waals surface area (Å²) in [6, 6.07) is 6.17. The van der Waals surface area contributed by atoms with Gasteiger partial charge in [0, 0.05) is 26.8 Å². The van der Waals surface area contributed by atoms with Crippen molar-refractivity contribution in [2.45, 2.75) is 31.3 Å². The number of likely N-dealkylation sites (N-methyl/N-ethyl adjacent to an activating group) is 1. The summed E-state index contributed by atoms with van der Waals surface area (Å²) in [5.41, 5.74) is 6.87. The highest BCUT2D eigenvalue weighted by molar-refractivity contribution is 6.34. The average Bonchev–Trinajstić information content (AvgIpc) is 3.02. The van der Waals surface area contributed by atoms with Gasteiger partial charge in [0.25, 0.3) is 0 Å². The van der Waals surface area contributed by atoms with Crippen LogP contribution < -0.4 is 10.6 Å². The van der Waals surface area contributed by atoms with E-state index in [1.807, 2.05) is 18.2 Å². The number of nitrogens with zero attached hydrogens (tertiary/aromatic N) is 2. The lowest BCUT2D eigenvalue weighted by atomic mass is 9.91. The Balaban J connectivity index is 1.68. The molecule has 0 aliphatic carbocycles. The summed E-state index contributed by atoms with van der Waals surface area (Å²) in [5, 5.41) is 0.532. The van der Waals surface area contributed by atoms with Gasteiger partial charge in [-0.1, -0.05) is 23.7 Å². The second-order valence-corrected chi connectivity index (χ2v) is 7.08. The van der Waals surface area contributed by atoms with E-state index < -0.39 is 12.1 Å². The van der Waals surface area contributed by atoms with E-state index in [-0.39, 0.29) is 17.7 Å². The summed E-state index contributed by atoms with van der Waals surface area (Å²) in [6.07, 6.45) is 2.14. The minimum Gasteiger partial charge on any atom is -0.381 e. The van der Waals surface area contributed by atoms with Gasteiger partial charge in [-0.15, -0.1) is 0 Å². The molecule has 2 aliphatic heterocycles. The predicted octanol–water partition coefficient (Wildman–Crippen LogP) is 1.66. The molecule has 6 nitrogen and oxygen atoms in total. The number of para-hydroxylation sites is 1. The smallest absolute Gasteiger partial charge is 0.249 e. The molecule has 0 aromatic heterocycles. The highest BCUT2D eigenvalue weighted by Crippen LogP contribution is 2.30. The molecule has 1 aromatic rings. The Bertz CT molecular complexity index is 648. The largest absolute Gasteiger partial charge is 0.381 e. The molecular weight excluding hydrogens is 342 g/mol. The van der Waals surface area contributed by atoms with E-state index in [4.69, 9.17) is 22.1 Å². The highest BCUT2D eigenvalue weighted by atomic mass is 35.5. The van der Waals surface area contributed by atoms with Gasteiger partial charge in [-0.2, -0.15) is 0 Å². The zero-order valence-corrected chi connectivity index (χ0v) is 15.1. The number of anilines is 1. The van der Waals surface area contributed by atoms with E-state index in [1.54, 1.807) is 18.0 Å². The second-order valence-electron chi connectivity index (χ2n) is 6.67. The van der Waals surface area contributed by atoms with E-state index in [1.165, 1.54) is 4.90 Å². The van der Waals surface area contributed by atoms with Gasteiger partial charge in [-0.05, 0) is 37.3 Å². The van der Waals surface area contributed by atoms with Crippen molar-refractivity contribution in [1.82, 2.24) is 4.90 Å². The Morgan fingerprint density at radius 1 is 1.32 bits per heavy atom. The minimum absolute atomic E-state index is 0.108. The summed E-state index contributed by atoms with van der Waals surface area (Å²) in [5.74, 6) is -0.172. The summed E-state index contributed by atoms with van der Waals surface area (Å²) >= 11 is 6.21. The number of hydrogen-bond donors (Lipinski definition) is 1. The van der Waals surface area contributed by atoms with Gasteiger partial charge in [0.05, 0.1) is 16.8 Å². The molecule has 2 aliphatic rings. The van der Waals surface area contributed by atoms with Crippen LogP contribution in [0.2, 0.25) is 5.02 Å². The maximum atomic E-state index is 12.8. The van der Waals surface area contributed by atoms with Gasteiger partial charge >= 0.3 is 0 Å². The first kappa shape index (κ1) is 18.2. The number of carbonyl (C=O) groups is 2. The van der Waals surface area contributed by atoms with Crippen LogP contribution >= 0.6 is 11.6 Å². The van der Waals surface area contributed by atoms with Crippen LogP contribution in [0.5, 0.6) is 0 Å². The molecule has 25 heavy (non-hydrogen) atoms. The van der Waals surface area contributed by atoms with Crippen LogP contribution in [0.15, 0.2) is 24.3 Å². The summed E-state index contributed by atoms with van der Waals surface area (Å²) in [7, 11) is 1.67. The van der Waals surface area contributed by atoms with Crippen molar-refractivity contribution >= 4 is 29.1 Å². The van der Waals surface area contributed by atoms with Crippen LogP contribution in [0.3, 0.4) is 0 Å². The van der Waals surface area contributed by atoms with Gasteiger partial charge in [-0.3, -0.25) is 9.59 Å².